The Bertz CT molecular complexity index is 1640. The first-order valence-corrected chi connectivity index (χ1v) is 14.3. The van der Waals surface area contributed by atoms with Crippen molar-refractivity contribution in [3.63, 3.8) is 0 Å². The number of aliphatic imine (C=N–C) groups is 1. The SMILES string of the molecule is O=C1CN(Cc2ccc(N=C3NC(=O)C(=Cc4ccc(OCc5ccc(C(F)(F)F)cc5)cc4)S3)cc2)S(=O)(=O)N1. The largest absolute Gasteiger partial charge is 0.489 e. The first-order chi connectivity index (χ1) is 19.4. The first-order valence-electron chi connectivity index (χ1n) is 12.0. The zero-order valence-corrected chi connectivity index (χ0v) is 22.6. The van der Waals surface area contributed by atoms with Crippen LogP contribution in [0.25, 0.3) is 6.08 Å². The number of alkyl halides is 3. The van der Waals surface area contributed by atoms with Gasteiger partial charge in [-0.3, -0.25) is 9.59 Å². The van der Waals surface area contributed by atoms with Crippen molar-refractivity contribution in [2.45, 2.75) is 19.3 Å². The van der Waals surface area contributed by atoms with Gasteiger partial charge in [-0.1, -0.05) is 36.4 Å². The molecule has 0 saturated carbocycles. The van der Waals surface area contributed by atoms with Crippen LogP contribution in [0, 0.1) is 0 Å². The Balaban J connectivity index is 1.17. The van der Waals surface area contributed by atoms with E-state index < -0.39 is 27.9 Å². The highest BCUT2D eigenvalue weighted by molar-refractivity contribution is 8.18. The molecule has 2 amide bonds. The van der Waals surface area contributed by atoms with Gasteiger partial charge in [0, 0.05) is 6.54 Å². The molecule has 2 N–H and O–H groups in total. The fourth-order valence-electron chi connectivity index (χ4n) is 3.87. The van der Waals surface area contributed by atoms with Crippen LogP contribution in [0.5, 0.6) is 5.75 Å². The normalized spacial score (nSPS) is 19.0. The van der Waals surface area contributed by atoms with Gasteiger partial charge in [-0.25, -0.2) is 9.71 Å². The summed E-state index contributed by atoms with van der Waals surface area (Å²) in [5, 5.41) is 3.08. The lowest BCUT2D eigenvalue weighted by atomic mass is 10.1. The van der Waals surface area contributed by atoms with E-state index in [1.807, 2.05) is 4.72 Å². The standard InChI is InChI=1S/C27H21F3N4O5S2/c28-27(29,30)20-7-1-19(2-8-20)16-39-22-11-5-17(6-12-22)13-23-25(36)32-26(40-23)31-21-9-3-18(4-10-21)14-34-15-24(35)33-41(34,37)38/h1-13H,14-16H2,(H,33,35)(H,31,32,36). The maximum absolute atomic E-state index is 12.7. The van der Waals surface area contributed by atoms with E-state index in [1.165, 1.54) is 12.1 Å². The van der Waals surface area contributed by atoms with Crippen LogP contribution in [0.15, 0.2) is 82.7 Å². The second-order valence-electron chi connectivity index (χ2n) is 9.00. The molecular weight excluding hydrogens is 581 g/mol. The minimum absolute atomic E-state index is 0.0369. The highest BCUT2D eigenvalue weighted by Gasteiger charge is 2.33. The highest BCUT2D eigenvalue weighted by Crippen LogP contribution is 2.30. The van der Waals surface area contributed by atoms with Crippen LogP contribution < -0.4 is 14.8 Å². The van der Waals surface area contributed by atoms with Crippen molar-refractivity contribution in [1.82, 2.24) is 14.3 Å². The zero-order valence-electron chi connectivity index (χ0n) is 21.0. The minimum atomic E-state index is -4.39. The average Bonchev–Trinajstić information content (AvgIpc) is 3.39. The smallest absolute Gasteiger partial charge is 0.416 e. The third-order valence-electron chi connectivity index (χ3n) is 5.94. The average molecular weight is 603 g/mol. The number of hydrogen-bond donors (Lipinski definition) is 2. The molecule has 2 saturated heterocycles. The Hall–Kier alpha value is -4.14. The molecule has 9 nitrogen and oxygen atoms in total. The summed E-state index contributed by atoms with van der Waals surface area (Å²) >= 11 is 1.16. The fourth-order valence-corrected chi connectivity index (χ4v) is 5.80. The Morgan fingerprint density at radius 1 is 0.951 bits per heavy atom. The summed E-state index contributed by atoms with van der Waals surface area (Å²) in [7, 11) is -3.81. The Labute approximate surface area is 237 Å². The molecule has 0 spiro atoms. The number of thioether (sulfide) groups is 1. The van der Waals surface area contributed by atoms with E-state index in [0.29, 0.717) is 32.6 Å². The number of hydrogen-bond acceptors (Lipinski definition) is 7. The van der Waals surface area contributed by atoms with Crippen molar-refractivity contribution < 1.29 is 35.9 Å². The molecule has 0 unspecified atom stereocenters. The van der Waals surface area contributed by atoms with Crippen LogP contribution in [0.3, 0.4) is 0 Å². The second kappa shape index (κ2) is 11.4. The lowest BCUT2D eigenvalue weighted by molar-refractivity contribution is -0.137. The molecule has 0 aliphatic carbocycles. The molecular formula is C27H21F3N4O5S2. The van der Waals surface area contributed by atoms with E-state index in [9.17, 15) is 31.2 Å². The fraction of sp³-hybridized carbons (Fsp3) is 0.148. The number of rotatable bonds is 7. The zero-order chi connectivity index (χ0) is 29.2. The lowest BCUT2D eigenvalue weighted by Crippen LogP contribution is -2.29. The van der Waals surface area contributed by atoms with Gasteiger partial charge < -0.3 is 10.1 Å². The number of amides is 2. The van der Waals surface area contributed by atoms with Crippen molar-refractivity contribution in [3.05, 3.63) is 100.0 Å². The number of nitrogens with one attached hydrogen (secondary N) is 2. The predicted molar refractivity (Wildman–Crippen MR) is 147 cm³/mol. The molecule has 2 aliphatic heterocycles. The number of halogens is 3. The van der Waals surface area contributed by atoms with Crippen LogP contribution in [-0.4, -0.2) is 36.2 Å². The third kappa shape index (κ3) is 7.14. The molecule has 2 aliphatic rings. The topological polar surface area (TPSA) is 117 Å². The molecule has 14 heteroatoms. The molecule has 2 fully saturated rings. The highest BCUT2D eigenvalue weighted by atomic mass is 32.2. The molecule has 5 rings (SSSR count). The van der Waals surface area contributed by atoms with Crippen molar-refractivity contribution in [1.29, 1.82) is 0 Å². The summed E-state index contributed by atoms with van der Waals surface area (Å²) < 4.78 is 70.5. The van der Waals surface area contributed by atoms with Crippen LogP contribution in [0.4, 0.5) is 18.9 Å². The maximum Gasteiger partial charge on any atom is 0.416 e. The predicted octanol–water partition coefficient (Wildman–Crippen LogP) is 4.35. The Morgan fingerprint density at radius 3 is 2.22 bits per heavy atom. The number of nitrogens with zero attached hydrogens (tertiary/aromatic N) is 2. The summed E-state index contributed by atoms with van der Waals surface area (Å²) in [4.78, 5) is 28.7. The van der Waals surface area contributed by atoms with Gasteiger partial charge in [-0.15, -0.1) is 0 Å². The van der Waals surface area contributed by atoms with Gasteiger partial charge in [0.2, 0.25) is 5.91 Å². The monoisotopic (exact) mass is 602 g/mol. The quantitative estimate of drug-likeness (QED) is 0.389. The van der Waals surface area contributed by atoms with Gasteiger partial charge in [0.15, 0.2) is 5.17 Å². The van der Waals surface area contributed by atoms with Crippen LogP contribution in [0.1, 0.15) is 22.3 Å². The third-order valence-corrected chi connectivity index (χ3v) is 8.28. The summed E-state index contributed by atoms with van der Waals surface area (Å²) in [6.07, 6.45) is -2.70. The van der Waals surface area contributed by atoms with Gasteiger partial charge in [0.25, 0.3) is 5.91 Å². The van der Waals surface area contributed by atoms with Crippen LogP contribution in [-0.2, 0) is 39.1 Å². The summed E-state index contributed by atoms with van der Waals surface area (Å²) in [5.41, 5.74) is 1.83. The minimum Gasteiger partial charge on any atom is -0.489 e. The molecule has 41 heavy (non-hydrogen) atoms. The lowest BCUT2D eigenvalue weighted by Gasteiger charge is -2.12. The van der Waals surface area contributed by atoms with E-state index in [2.05, 4.69) is 10.3 Å². The summed E-state index contributed by atoms with van der Waals surface area (Å²) in [6.45, 7) is -0.0935. The number of benzene rings is 3. The molecule has 0 bridgehead atoms. The summed E-state index contributed by atoms with van der Waals surface area (Å²) in [6, 6.07) is 18.4. The van der Waals surface area contributed by atoms with E-state index in [-0.39, 0.29) is 25.6 Å². The van der Waals surface area contributed by atoms with Gasteiger partial charge in [0.05, 0.1) is 22.7 Å². The van der Waals surface area contributed by atoms with E-state index >= 15 is 0 Å². The number of amidine groups is 1. The van der Waals surface area contributed by atoms with Gasteiger partial charge >= 0.3 is 16.4 Å². The molecule has 0 radical (unpaired) electrons. The van der Waals surface area contributed by atoms with E-state index in [0.717, 1.165) is 33.8 Å². The van der Waals surface area contributed by atoms with Crippen molar-refractivity contribution >= 4 is 50.7 Å². The van der Waals surface area contributed by atoms with Gasteiger partial charge in [-0.05, 0) is 70.9 Å². The van der Waals surface area contributed by atoms with Crippen LogP contribution in [0.2, 0.25) is 0 Å². The summed E-state index contributed by atoms with van der Waals surface area (Å²) in [5.74, 6) is -0.372. The Morgan fingerprint density at radius 2 is 1.61 bits per heavy atom. The first kappa shape index (κ1) is 28.4. The van der Waals surface area contributed by atoms with Crippen molar-refractivity contribution in [3.8, 4) is 5.75 Å². The van der Waals surface area contributed by atoms with Crippen LogP contribution >= 0.6 is 11.8 Å². The van der Waals surface area contributed by atoms with E-state index in [1.54, 1.807) is 54.6 Å². The molecule has 212 valence electrons. The number of carbonyl (C=O) groups excluding carboxylic acids is 2. The van der Waals surface area contributed by atoms with Gasteiger partial charge in [0.1, 0.15) is 12.4 Å². The molecule has 2 heterocycles. The van der Waals surface area contributed by atoms with Crippen molar-refractivity contribution in [2.24, 2.45) is 4.99 Å². The number of ether oxygens (including phenoxy) is 1. The molecule has 3 aromatic carbocycles. The molecule has 0 aromatic heterocycles. The molecule has 0 atom stereocenters. The second-order valence-corrected chi connectivity index (χ2v) is 11.7. The number of carbonyl (C=O) groups is 2. The molecule has 3 aromatic rings. The Kier molecular flexibility index (Phi) is 7.89. The van der Waals surface area contributed by atoms with Gasteiger partial charge in [-0.2, -0.15) is 25.9 Å². The maximum atomic E-state index is 12.7. The van der Waals surface area contributed by atoms with E-state index in [4.69, 9.17) is 4.74 Å². The van der Waals surface area contributed by atoms with Crippen molar-refractivity contribution in [2.75, 3.05) is 6.54 Å².